The molecular weight excluding hydrogens is 246 g/mol. The number of ether oxygens (including phenoxy) is 1. The lowest BCUT2D eigenvalue weighted by atomic mass is 9.81. The molecule has 1 unspecified atom stereocenters. The Hall–Kier alpha value is -0.730. The minimum Gasteiger partial charge on any atom is -0.492 e. The Bertz CT molecular complexity index is 348. The van der Waals surface area contributed by atoms with Crippen molar-refractivity contribution in [2.75, 3.05) is 13.2 Å². The molecule has 3 heteroatoms. The Morgan fingerprint density at radius 3 is 2.61 bits per heavy atom. The number of nitrogens with one attached hydrogen (secondary N) is 1. The summed E-state index contributed by atoms with van der Waals surface area (Å²) in [6.07, 6.45) is 5.43. The fraction of sp³-hybridized carbons (Fsp3) is 0.600. The zero-order valence-electron chi connectivity index (χ0n) is 11.0. The van der Waals surface area contributed by atoms with Crippen molar-refractivity contribution >= 4 is 11.6 Å². The van der Waals surface area contributed by atoms with E-state index in [1.165, 1.54) is 25.7 Å². The van der Waals surface area contributed by atoms with Gasteiger partial charge in [-0.3, -0.25) is 0 Å². The Balaban J connectivity index is 1.78. The van der Waals surface area contributed by atoms with E-state index in [9.17, 15) is 0 Å². The van der Waals surface area contributed by atoms with Crippen LogP contribution in [0.2, 0.25) is 5.02 Å². The summed E-state index contributed by atoms with van der Waals surface area (Å²) >= 11 is 5.85. The van der Waals surface area contributed by atoms with Gasteiger partial charge in [-0.25, -0.2) is 0 Å². The van der Waals surface area contributed by atoms with Crippen LogP contribution >= 0.6 is 11.6 Å². The molecule has 2 nitrogen and oxygen atoms in total. The van der Waals surface area contributed by atoms with E-state index < -0.39 is 0 Å². The van der Waals surface area contributed by atoms with Gasteiger partial charge in [-0.2, -0.15) is 0 Å². The summed E-state index contributed by atoms with van der Waals surface area (Å²) in [6, 6.07) is 8.05. The van der Waals surface area contributed by atoms with Gasteiger partial charge in [0.15, 0.2) is 0 Å². The van der Waals surface area contributed by atoms with Gasteiger partial charge in [-0.1, -0.05) is 37.8 Å². The number of rotatable bonds is 7. The molecule has 0 spiro atoms. The van der Waals surface area contributed by atoms with Gasteiger partial charge in [0.1, 0.15) is 12.4 Å². The molecule has 0 saturated heterocycles. The summed E-state index contributed by atoms with van der Waals surface area (Å²) in [4.78, 5) is 0. The molecule has 100 valence electrons. The van der Waals surface area contributed by atoms with Crippen molar-refractivity contribution < 1.29 is 4.74 Å². The first-order valence-electron chi connectivity index (χ1n) is 6.89. The predicted octanol–water partition coefficient (Wildman–Crippen LogP) is 3.89. The van der Waals surface area contributed by atoms with E-state index in [4.69, 9.17) is 16.3 Å². The van der Waals surface area contributed by atoms with Crippen LogP contribution in [0.15, 0.2) is 24.3 Å². The largest absolute Gasteiger partial charge is 0.492 e. The molecule has 0 heterocycles. The van der Waals surface area contributed by atoms with Gasteiger partial charge in [-0.05, 0) is 43.1 Å². The summed E-state index contributed by atoms with van der Waals surface area (Å²) in [5.41, 5.74) is 0. The monoisotopic (exact) mass is 267 g/mol. The lowest BCUT2D eigenvalue weighted by Crippen LogP contribution is -2.37. The molecule has 1 aromatic rings. The summed E-state index contributed by atoms with van der Waals surface area (Å²) in [5.74, 6) is 1.80. The molecule has 0 aromatic heterocycles. The molecule has 1 N–H and O–H groups in total. The summed E-state index contributed by atoms with van der Waals surface area (Å²) in [7, 11) is 0. The van der Waals surface area contributed by atoms with Crippen LogP contribution in [0.5, 0.6) is 5.75 Å². The lowest BCUT2D eigenvalue weighted by Gasteiger charge is -2.30. The van der Waals surface area contributed by atoms with Gasteiger partial charge >= 0.3 is 0 Å². The van der Waals surface area contributed by atoms with E-state index >= 15 is 0 Å². The maximum Gasteiger partial charge on any atom is 0.119 e. The Morgan fingerprint density at radius 2 is 2.06 bits per heavy atom. The molecule has 18 heavy (non-hydrogen) atoms. The van der Waals surface area contributed by atoms with Crippen LogP contribution in [0.1, 0.15) is 32.6 Å². The van der Waals surface area contributed by atoms with Gasteiger partial charge in [0.2, 0.25) is 0 Å². The summed E-state index contributed by atoms with van der Waals surface area (Å²) in [5, 5.41) is 4.26. The van der Waals surface area contributed by atoms with Crippen LogP contribution in [0.25, 0.3) is 0 Å². The molecule has 1 aliphatic rings. The van der Waals surface area contributed by atoms with Gasteiger partial charge in [0.25, 0.3) is 0 Å². The highest BCUT2D eigenvalue weighted by Gasteiger charge is 2.21. The second-order valence-corrected chi connectivity index (χ2v) is 5.49. The first kappa shape index (κ1) is 13.7. The molecule has 0 aliphatic heterocycles. The second-order valence-electron chi connectivity index (χ2n) is 5.05. The molecule has 1 atom stereocenters. The van der Waals surface area contributed by atoms with Crippen LogP contribution in [0.4, 0.5) is 0 Å². The van der Waals surface area contributed by atoms with E-state index in [1.54, 1.807) is 0 Å². The Kier molecular flexibility index (Phi) is 5.33. The van der Waals surface area contributed by atoms with E-state index in [-0.39, 0.29) is 0 Å². The maximum atomic E-state index is 5.85. The highest BCUT2D eigenvalue weighted by Crippen LogP contribution is 2.30. The second kappa shape index (κ2) is 7.01. The molecule has 1 aromatic carbocycles. The van der Waals surface area contributed by atoms with Gasteiger partial charge in [-0.15, -0.1) is 0 Å². The average molecular weight is 268 g/mol. The van der Waals surface area contributed by atoms with Crippen LogP contribution < -0.4 is 10.1 Å². The minimum atomic E-state index is 0.468. The highest BCUT2D eigenvalue weighted by molar-refractivity contribution is 6.30. The number of benzene rings is 1. The van der Waals surface area contributed by atoms with Crippen molar-refractivity contribution in [3.63, 3.8) is 0 Å². The third-order valence-electron chi connectivity index (χ3n) is 3.60. The fourth-order valence-electron chi connectivity index (χ4n) is 2.36. The average Bonchev–Trinajstić information content (AvgIpc) is 2.32. The highest BCUT2D eigenvalue weighted by atomic mass is 35.5. The SMILES string of the molecule is CCNC(COc1ccc(Cl)cc1)CC1CCC1. The predicted molar refractivity (Wildman–Crippen MR) is 76.4 cm³/mol. The summed E-state index contributed by atoms with van der Waals surface area (Å²) < 4.78 is 5.82. The van der Waals surface area contributed by atoms with Crippen LogP contribution in [-0.4, -0.2) is 19.2 Å². The zero-order valence-corrected chi connectivity index (χ0v) is 11.7. The number of halogens is 1. The normalized spacial score (nSPS) is 17.2. The van der Waals surface area contributed by atoms with Crippen LogP contribution in [0, 0.1) is 5.92 Å². The standard InChI is InChI=1S/C15H22ClNO/c1-2-17-14(10-12-4-3-5-12)11-18-15-8-6-13(16)7-9-15/h6-9,12,14,17H,2-5,10-11H2,1H3. The minimum absolute atomic E-state index is 0.468. The van der Waals surface area contributed by atoms with E-state index in [0.29, 0.717) is 6.04 Å². The molecule has 0 bridgehead atoms. The van der Waals surface area contributed by atoms with E-state index in [2.05, 4.69) is 12.2 Å². The first-order chi connectivity index (χ1) is 8.78. The number of hydrogen-bond acceptors (Lipinski definition) is 2. The third kappa shape index (κ3) is 4.18. The number of likely N-dealkylation sites (N-methyl/N-ethyl adjacent to an activating group) is 1. The molecule has 2 rings (SSSR count). The quantitative estimate of drug-likeness (QED) is 0.809. The van der Waals surface area contributed by atoms with Crippen molar-refractivity contribution in [1.29, 1.82) is 0 Å². The van der Waals surface area contributed by atoms with E-state index in [1.807, 2.05) is 24.3 Å². The van der Waals surface area contributed by atoms with Crippen molar-refractivity contribution in [3.8, 4) is 5.75 Å². The van der Waals surface area contributed by atoms with Crippen molar-refractivity contribution in [3.05, 3.63) is 29.3 Å². The molecule has 0 amide bonds. The van der Waals surface area contributed by atoms with Gasteiger partial charge in [0.05, 0.1) is 0 Å². The smallest absolute Gasteiger partial charge is 0.119 e. The lowest BCUT2D eigenvalue weighted by molar-refractivity contribution is 0.203. The molecule has 1 saturated carbocycles. The molecule has 1 fully saturated rings. The Labute approximate surface area is 115 Å². The maximum absolute atomic E-state index is 5.85. The topological polar surface area (TPSA) is 21.3 Å². The third-order valence-corrected chi connectivity index (χ3v) is 3.85. The molecule has 0 radical (unpaired) electrons. The van der Waals surface area contributed by atoms with Crippen molar-refractivity contribution in [1.82, 2.24) is 5.32 Å². The fourth-order valence-corrected chi connectivity index (χ4v) is 2.48. The molecule has 1 aliphatic carbocycles. The van der Waals surface area contributed by atoms with Gasteiger partial charge in [0, 0.05) is 11.1 Å². The zero-order chi connectivity index (χ0) is 12.8. The number of hydrogen-bond donors (Lipinski definition) is 1. The Morgan fingerprint density at radius 1 is 1.33 bits per heavy atom. The van der Waals surface area contributed by atoms with Crippen LogP contribution in [-0.2, 0) is 0 Å². The summed E-state index contributed by atoms with van der Waals surface area (Å²) in [6.45, 7) is 3.89. The first-order valence-corrected chi connectivity index (χ1v) is 7.27. The van der Waals surface area contributed by atoms with Crippen LogP contribution in [0.3, 0.4) is 0 Å². The van der Waals surface area contributed by atoms with Crippen molar-refractivity contribution in [2.24, 2.45) is 5.92 Å². The van der Waals surface area contributed by atoms with Gasteiger partial charge < -0.3 is 10.1 Å². The van der Waals surface area contributed by atoms with E-state index in [0.717, 1.165) is 29.8 Å². The van der Waals surface area contributed by atoms with Crippen molar-refractivity contribution in [2.45, 2.75) is 38.6 Å². The molecular formula is C15H22ClNO.